The second kappa shape index (κ2) is 10.7. The molecule has 2 amide bonds. The van der Waals surface area contributed by atoms with E-state index < -0.39 is 5.91 Å². The molecule has 154 valence electrons. The Bertz CT molecular complexity index is 1050. The van der Waals surface area contributed by atoms with Crippen LogP contribution in [0.1, 0.15) is 21.7 Å². The van der Waals surface area contributed by atoms with Gasteiger partial charge >= 0.3 is 0 Å². The number of aliphatic hydroxyl groups is 1. The molecule has 2 aromatic carbocycles. The molecule has 3 N–H and O–H groups in total. The van der Waals surface area contributed by atoms with E-state index in [0.717, 1.165) is 15.3 Å². The zero-order chi connectivity index (χ0) is 21.3. The molecular formula is C23H21ClN2O3S. The van der Waals surface area contributed by atoms with Crippen molar-refractivity contribution in [2.75, 3.05) is 13.2 Å². The van der Waals surface area contributed by atoms with Crippen molar-refractivity contribution in [3.8, 4) is 10.4 Å². The molecule has 1 aromatic heterocycles. The second-order valence-electron chi connectivity index (χ2n) is 6.39. The number of rotatable bonds is 8. The van der Waals surface area contributed by atoms with Gasteiger partial charge in [0.15, 0.2) is 0 Å². The van der Waals surface area contributed by atoms with Crippen LogP contribution in [-0.4, -0.2) is 30.1 Å². The van der Waals surface area contributed by atoms with Gasteiger partial charge in [-0.15, -0.1) is 11.3 Å². The predicted molar refractivity (Wildman–Crippen MR) is 121 cm³/mol. The average molecular weight is 441 g/mol. The first-order valence-corrected chi connectivity index (χ1v) is 10.6. The summed E-state index contributed by atoms with van der Waals surface area (Å²) < 4.78 is 0. The molecule has 0 aliphatic heterocycles. The summed E-state index contributed by atoms with van der Waals surface area (Å²) in [6, 6.07) is 20.0. The molecule has 3 rings (SSSR count). The van der Waals surface area contributed by atoms with E-state index in [0.29, 0.717) is 23.6 Å². The number of amides is 2. The zero-order valence-electron chi connectivity index (χ0n) is 16.1. The number of hydrogen-bond acceptors (Lipinski definition) is 4. The molecule has 30 heavy (non-hydrogen) atoms. The highest BCUT2D eigenvalue weighted by Gasteiger charge is 2.15. The first-order chi connectivity index (χ1) is 14.6. The van der Waals surface area contributed by atoms with Crippen molar-refractivity contribution in [3.05, 3.63) is 87.9 Å². The van der Waals surface area contributed by atoms with Crippen LogP contribution in [0.4, 0.5) is 0 Å². The number of hydrogen-bond donors (Lipinski definition) is 3. The van der Waals surface area contributed by atoms with Gasteiger partial charge in [-0.05, 0) is 42.8 Å². The summed E-state index contributed by atoms with van der Waals surface area (Å²) in [7, 11) is 0. The van der Waals surface area contributed by atoms with Gasteiger partial charge in [-0.3, -0.25) is 9.59 Å². The lowest BCUT2D eigenvalue weighted by Crippen LogP contribution is -2.35. The van der Waals surface area contributed by atoms with Crippen LogP contribution in [-0.2, 0) is 4.79 Å². The highest BCUT2D eigenvalue weighted by atomic mass is 35.5. The minimum absolute atomic E-state index is 0.0260. The second-order valence-corrected chi connectivity index (χ2v) is 7.92. The summed E-state index contributed by atoms with van der Waals surface area (Å²) in [5, 5.41) is 15.0. The van der Waals surface area contributed by atoms with Gasteiger partial charge < -0.3 is 15.7 Å². The predicted octanol–water partition coefficient (Wildman–Crippen LogP) is 4.34. The number of carbonyl (C=O) groups excluding carboxylic acids is 2. The number of carbonyl (C=O) groups is 2. The number of aliphatic hydroxyl groups excluding tert-OH is 1. The van der Waals surface area contributed by atoms with Crippen LogP contribution in [0.3, 0.4) is 0 Å². The maximum absolute atomic E-state index is 12.6. The molecule has 0 saturated heterocycles. The largest absolute Gasteiger partial charge is 0.396 e. The Morgan fingerprint density at radius 2 is 1.73 bits per heavy atom. The minimum atomic E-state index is -0.416. The number of halogens is 1. The quantitative estimate of drug-likeness (QED) is 0.360. The van der Waals surface area contributed by atoms with Crippen molar-refractivity contribution < 1.29 is 14.7 Å². The highest BCUT2D eigenvalue weighted by Crippen LogP contribution is 2.33. The summed E-state index contributed by atoms with van der Waals surface area (Å²) >= 11 is 7.75. The van der Waals surface area contributed by atoms with Gasteiger partial charge in [-0.1, -0.05) is 48.0 Å². The molecule has 0 radical (unpaired) electrons. The summed E-state index contributed by atoms with van der Waals surface area (Å²) in [6.45, 7) is 0.283. The first-order valence-electron chi connectivity index (χ1n) is 9.40. The van der Waals surface area contributed by atoms with Crippen molar-refractivity contribution in [2.24, 2.45) is 0 Å². The van der Waals surface area contributed by atoms with Crippen molar-refractivity contribution in [1.82, 2.24) is 10.6 Å². The van der Waals surface area contributed by atoms with E-state index in [1.807, 2.05) is 42.5 Å². The summed E-state index contributed by atoms with van der Waals surface area (Å²) in [4.78, 5) is 26.9. The molecule has 5 nitrogen and oxygen atoms in total. The molecule has 0 saturated carbocycles. The van der Waals surface area contributed by atoms with Gasteiger partial charge in [-0.25, -0.2) is 0 Å². The highest BCUT2D eigenvalue weighted by molar-refractivity contribution is 7.16. The fraction of sp³-hybridized carbons (Fsp3) is 0.130. The monoisotopic (exact) mass is 440 g/mol. The lowest BCUT2D eigenvalue weighted by atomic mass is 10.2. The molecule has 1 heterocycles. The van der Waals surface area contributed by atoms with E-state index in [9.17, 15) is 9.59 Å². The van der Waals surface area contributed by atoms with E-state index in [1.54, 1.807) is 30.3 Å². The lowest BCUT2D eigenvalue weighted by molar-refractivity contribution is -0.117. The van der Waals surface area contributed by atoms with E-state index in [-0.39, 0.29) is 18.2 Å². The zero-order valence-corrected chi connectivity index (χ0v) is 17.7. The van der Waals surface area contributed by atoms with Gasteiger partial charge in [0.2, 0.25) is 0 Å². The van der Waals surface area contributed by atoms with Crippen LogP contribution in [0, 0.1) is 0 Å². The molecule has 0 unspecified atom stereocenters. The standard InChI is InChI=1S/C23H21ClN2O3S/c24-19-10-5-4-9-18(19)21-12-11-17(30-21)15-20(23(29)25-13-6-14-27)26-22(28)16-7-2-1-3-8-16/h1-5,7-12,15,27H,6,13-14H2,(H,25,29)(H,26,28)/b20-15+. The Labute approximate surface area is 184 Å². The van der Waals surface area contributed by atoms with Crippen molar-refractivity contribution in [3.63, 3.8) is 0 Å². The van der Waals surface area contributed by atoms with Gasteiger partial charge in [0, 0.05) is 39.1 Å². The SMILES string of the molecule is O=C(NCCCO)/C(=C\c1ccc(-c2ccccc2Cl)s1)NC(=O)c1ccccc1. The Hall–Kier alpha value is -2.93. The minimum Gasteiger partial charge on any atom is -0.396 e. The maximum atomic E-state index is 12.6. The Balaban J connectivity index is 1.85. The summed E-state index contributed by atoms with van der Waals surface area (Å²) in [5.74, 6) is -0.789. The Morgan fingerprint density at radius 3 is 2.47 bits per heavy atom. The first kappa shape index (κ1) is 21.8. The molecule has 0 spiro atoms. The van der Waals surface area contributed by atoms with Crippen LogP contribution in [0.25, 0.3) is 16.5 Å². The average Bonchev–Trinajstić information content (AvgIpc) is 3.22. The number of benzene rings is 2. The smallest absolute Gasteiger partial charge is 0.267 e. The molecule has 0 aliphatic rings. The van der Waals surface area contributed by atoms with Crippen molar-refractivity contribution >= 4 is 40.8 Å². The summed E-state index contributed by atoms with van der Waals surface area (Å²) in [5.41, 5.74) is 1.50. The Morgan fingerprint density at radius 1 is 1.00 bits per heavy atom. The molecule has 3 aromatic rings. The third-order valence-corrected chi connectivity index (χ3v) is 5.60. The molecule has 0 bridgehead atoms. The topological polar surface area (TPSA) is 78.4 Å². The number of thiophene rings is 1. The van der Waals surface area contributed by atoms with Crippen LogP contribution in [0.15, 0.2) is 72.4 Å². The van der Waals surface area contributed by atoms with Gasteiger partial charge in [0.25, 0.3) is 11.8 Å². The Kier molecular flexibility index (Phi) is 7.79. The van der Waals surface area contributed by atoms with Crippen LogP contribution < -0.4 is 10.6 Å². The molecule has 0 atom stereocenters. The molecular weight excluding hydrogens is 420 g/mol. The van der Waals surface area contributed by atoms with Gasteiger partial charge in [-0.2, -0.15) is 0 Å². The molecule has 7 heteroatoms. The van der Waals surface area contributed by atoms with Crippen molar-refractivity contribution in [2.45, 2.75) is 6.42 Å². The third kappa shape index (κ3) is 5.79. The molecule has 0 aliphatic carbocycles. The van der Waals surface area contributed by atoms with Crippen LogP contribution in [0.5, 0.6) is 0 Å². The van der Waals surface area contributed by atoms with Gasteiger partial charge in [0.05, 0.1) is 0 Å². The maximum Gasteiger partial charge on any atom is 0.267 e. The molecule has 0 fully saturated rings. The van der Waals surface area contributed by atoms with E-state index in [1.165, 1.54) is 11.3 Å². The van der Waals surface area contributed by atoms with Crippen molar-refractivity contribution in [1.29, 1.82) is 0 Å². The van der Waals surface area contributed by atoms with E-state index in [4.69, 9.17) is 16.7 Å². The van der Waals surface area contributed by atoms with Crippen LogP contribution >= 0.6 is 22.9 Å². The van der Waals surface area contributed by atoms with E-state index >= 15 is 0 Å². The lowest BCUT2D eigenvalue weighted by Gasteiger charge is -2.10. The van der Waals surface area contributed by atoms with Gasteiger partial charge in [0.1, 0.15) is 5.70 Å². The third-order valence-electron chi connectivity index (χ3n) is 4.20. The van der Waals surface area contributed by atoms with Crippen LogP contribution in [0.2, 0.25) is 5.02 Å². The summed E-state index contributed by atoms with van der Waals surface area (Å²) in [6.07, 6.45) is 2.07. The number of nitrogens with one attached hydrogen (secondary N) is 2. The fourth-order valence-electron chi connectivity index (χ4n) is 2.70. The normalized spacial score (nSPS) is 11.2. The fourth-order valence-corrected chi connectivity index (χ4v) is 3.98. The van der Waals surface area contributed by atoms with E-state index in [2.05, 4.69) is 10.6 Å².